The van der Waals surface area contributed by atoms with Crippen molar-refractivity contribution in [1.29, 1.82) is 0 Å². The molecular weight excluding hydrogens is 292 g/mol. The maximum atomic E-state index is 5.42. The fraction of sp³-hybridized carbons (Fsp3) is 0.647. The minimum atomic E-state index is 0.0941. The van der Waals surface area contributed by atoms with Crippen LogP contribution in [0.5, 0.6) is 0 Å². The van der Waals surface area contributed by atoms with Crippen LogP contribution in [-0.4, -0.2) is 34.2 Å². The number of hydrogen-bond acceptors (Lipinski definition) is 6. The van der Waals surface area contributed by atoms with Gasteiger partial charge in [-0.3, -0.25) is 4.90 Å². The van der Waals surface area contributed by atoms with Crippen molar-refractivity contribution in [3.8, 4) is 0 Å². The SMILES string of the molecule is CC(C)c1noc(C(C)NC2CCN(Cc3ccco3)CC2)n1. The lowest BCUT2D eigenvalue weighted by Gasteiger charge is -2.32. The zero-order valence-electron chi connectivity index (χ0n) is 14.2. The van der Waals surface area contributed by atoms with Gasteiger partial charge >= 0.3 is 0 Å². The third-order valence-corrected chi connectivity index (χ3v) is 4.38. The highest BCUT2D eigenvalue weighted by Gasteiger charge is 2.23. The van der Waals surface area contributed by atoms with Crippen LogP contribution >= 0.6 is 0 Å². The summed E-state index contributed by atoms with van der Waals surface area (Å²) in [5, 5.41) is 7.66. The van der Waals surface area contributed by atoms with Gasteiger partial charge in [-0.15, -0.1) is 0 Å². The second-order valence-electron chi connectivity index (χ2n) is 6.66. The summed E-state index contributed by atoms with van der Waals surface area (Å²) in [5.74, 6) is 2.80. The Morgan fingerprint density at radius 1 is 1.30 bits per heavy atom. The lowest BCUT2D eigenvalue weighted by molar-refractivity contribution is 0.170. The molecule has 0 spiro atoms. The van der Waals surface area contributed by atoms with Crippen molar-refractivity contribution in [3.63, 3.8) is 0 Å². The van der Waals surface area contributed by atoms with E-state index in [0.717, 1.165) is 44.1 Å². The Morgan fingerprint density at radius 3 is 2.70 bits per heavy atom. The topological polar surface area (TPSA) is 67.3 Å². The fourth-order valence-corrected chi connectivity index (χ4v) is 2.96. The molecule has 1 aliphatic rings. The van der Waals surface area contributed by atoms with Crippen molar-refractivity contribution in [2.45, 2.75) is 58.2 Å². The number of hydrogen-bond donors (Lipinski definition) is 1. The first-order valence-corrected chi connectivity index (χ1v) is 8.46. The minimum absolute atomic E-state index is 0.0941. The summed E-state index contributed by atoms with van der Waals surface area (Å²) in [5.41, 5.74) is 0. The number of likely N-dealkylation sites (tertiary alicyclic amines) is 1. The average molecular weight is 318 g/mol. The summed E-state index contributed by atoms with van der Waals surface area (Å²) >= 11 is 0. The van der Waals surface area contributed by atoms with Gasteiger partial charge in [-0.05, 0) is 31.9 Å². The van der Waals surface area contributed by atoms with E-state index >= 15 is 0 Å². The van der Waals surface area contributed by atoms with Crippen molar-refractivity contribution in [3.05, 3.63) is 35.9 Å². The van der Waals surface area contributed by atoms with Crippen LogP contribution in [0.4, 0.5) is 0 Å². The molecule has 1 atom stereocenters. The lowest BCUT2D eigenvalue weighted by Crippen LogP contribution is -2.42. The van der Waals surface area contributed by atoms with Crippen LogP contribution in [0.2, 0.25) is 0 Å². The standard InChI is InChI=1S/C17H26N4O2/c1-12(2)16-19-17(23-20-16)13(3)18-14-6-8-21(9-7-14)11-15-5-4-10-22-15/h4-5,10,12-14,18H,6-9,11H2,1-3H3. The molecule has 23 heavy (non-hydrogen) atoms. The van der Waals surface area contributed by atoms with Crippen molar-refractivity contribution >= 4 is 0 Å². The molecule has 0 amide bonds. The summed E-state index contributed by atoms with van der Waals surface area (Å²) in [7, 11) is 0. The van der Waals surface area contributed by atoms with E-state index in [1.807, 2.05) is 12.1 Å². The largest absolute Gasteiger partial charge is 0.468 e. The molecular formula is C17H26N4O2. The van der Waals surface area contributed by atoms with Crippen molar-refractivity contribution in [2.24, 2.45) is 0 Å². The first-order valence-electron chi connectivity index (χ1n) is 8.46. The van der Waals surface area contributed by atoms with Gasteiger partial charge in [0.05, 0.1) is 18.8 Å². The first kappa shape index (κ1) is 16.2. The van der Waals surface area contributed by atoms with Gasteiger partial charge < -0.3 is 14.3 Å². The van der Waals surface area contributed by atoms with E-state index in [1.54, 1.807) is 6.26 Å². The summed E-state index contributed by atoms with van der Waals surface area (Å²) in [6.45, 7) is 9.28. The molecule has 3 heterocycles. The Morgan fingerprint density at radius 2 is 2.09 bits per heavy atom. The number of aromatic nitrogens is 2. The second kappa shape index (κ2) is 7.27. The van der Waals surface area contributed by atoms with Crippen molar-refractivity contribution < 1.29 is 8.94 Å². The predicted octanol–water partition coefficient (Wildman–Crippen LogP) is 3.10. The highest BCUT2D eigenvalue weighted by atomic mass is 16.5. The van der Waals surface area contributed by atoms with Gasteiger partial charge in [0, 0.05) is 25.0 Å². The first-order chi connectivity index (χ1) is 11.1. The molecule has 126 valence electrons. The van der Waals surface area contributed by atoms with Crippen molar-refractivity contribution in [2.75, 3.05) is 13.1 Å². The maximum Gasteiger partial charge on any atom is 0.243 e. The minimum Gasteiger partial charge on any atom is -0.468 e. The van der Waals surface area contributed by atoms with Gasteiger partial charge in [0.25, 0.3) is 0 Å². The van der Waals surface area contributed by atoms with Crippen molar-refractivity contribution in [1.82, 2.24) is 20.4 Å². The quantitative estimate of drug-likeness (QED) is 0.883. The Kier molecular flexibility index (Phi) is 5.13. The van der Waals surface area contributed by atoms with Crippen LogP contribution < -0.4 is 5.32 Å². The highest BCUT2D eigenvalue weighted by molar-refractivity contribution is 4.99. The summed E-state index contributed by atoms with van der Waals surface area (Å²) in [6.07, 6.45) is 3.98. The van der Waals surface area contributed by atoms with Gasteiger partial charge in [-0.1, -0.05) is 19.0 Å². The van der Waals surface area contributed by atoms with Crippen LogP contribution in [-0.2, 0) is 6.54 Å². The van der Waals surface area contributed by atoms with Crippen LogP contribution in [0.3, 0.4) is 0 Å². The van der Waals surface area contributed by atoms with E-state index < -0.39 is 0 Å². The van der Waals surface area contributed by atoms with E-state index in [2.05, 4.69) is 41.1 Å². The molecule has 0 saturated carbocycles. The van der Waals surface area contributed by atoms with E-state index in [1.165, 1.54) is 0 Å². The molecule has 1 saturated heterocycles. The molecule has 6 heteroatoms. The van der Waals surface area contributed by atoms with E-state index in [9.17, 15) is 0 Å². The van der Waals surface area contributed by atoms with Gasteiger partial charge in [0.1, 0.15) is 5.76 Å². The highest BCUT2D eigenvalue weighted by Crippen LogP contribution is 2.19. The Labute approximate surface area is 137 Å². The molecule has 2 aromatic rings. The molecule has 1 N–H and O–H groups in total. The smallest absolute Gasteiger partial charge is 0.243 e. The predicted molar refractivity (Wildman–Crippen MR) is 86.9 cm³/mol. The number of nitrogens with zero attached hydrogens (tertiary/aromatic N) is 3. The fourth-order valence-electron chi connectivity index (χ4n) is 2.96. The molecule has 0 aliphatic carbocycles. The van der Waals surface area contributed by atoms with E-state index in [-0.39, 0.29) is 6.04 Å². The van der Waals surface area contributed by atoms with Gasteiger partial charge in [0.2, 0.25) is 5.89 Å². The molecule has 0 aromatic carbocycles. The van der Waals surface area contributed by atoms with Crippen LogP contribution in [0, 0.1) is 0 Å². The van der Waals surface area contributed by atoms with Crippen LogP contribution in [0.1, 0.15) is 63.0 Å². The number of furan rings is 1. The monoisotopic (exact) mass is 318 g/mol. The lowest BCUT2D eigenvalue weighted by atomic mass is 10.0. The third-order valence-electron chi connectivity index (χ3n) is 4.38. The third kappa shape index (κ3) is 4.20. The summed E-state index contributed by atoms with van der Waals surface area (Å²) < 4.78 is 10.8. The van der Waals surface area contributed by atoms with Crippen LogP contribution in [0.25, 0.3) is 0 Å². The molecule has 1 unspecified atom stereocenters. The van der Waals surface area contributed by atoms with Gasteiger partial charge in [-0.25, -0.2) is 0 Å². The molecule has 3 rings (SSSR count). The Hall–Kier alpha value is -1.66. The Bertz CT molecular complexity index is 586. The molecule has 2 aromatic heterocycles. The van der Waals surface area contributed by atoms with E-state index in [4.69, 9.17) is 8.94 Å². The molecule has 6 nitrogen and oxygen atoms in total. The number of rotatable bonds is 6. The zero-order chi connectivity index (χ0) is 16.2. The zero-order valence-corrected chi connectivity index (χ0v) is 14.2. The summed E-state index contributed by atoms with van der Waals surface area (Å²) in [6, 6.07) is 4.57. The molecule has 0 radical (unpaired) electrons. The second-order valence-corrected chi connectivity index (χ2v) is 6.66. The Balaban J connectivity index is 1.46. The van der Waals surface area contributed by atoms with Crippen LogP contribution in [0.15, 0.2) is 27.3 Å². The van der Waals surface area contributed by atoms with Gasteiger partial charge in [0.15, 0.2) is 5.82 Å². The molecule has 0 bridgehead atoms. The van der Waals surface area contributed by atoms with E-state index in [0.29, 0.717) is 17.9 Å². The van der Waals surface area contributed by atoms with Gasteiger partial charge in [-0.2, -0.15) is 4.98 Å². The molecule has 1 fully saturated rings. The average Bonchev–Trinajstić information content (AvgIpc) is 3.20. The molecule has 1 aliphatic heterocycles. The number of nitrogens with one attached hydrogen (secondary N) is 1. The number of piperidine rings is 1. The summed E-state index contributed by atoms with van der Waals surface area (Å²) in [4.78, 5) is 6.91. The maximum absolute atomic E-state index is 5.42. The normalized spacial score (nSPS) is 18.6.